The summed E-state index contributed by atoms with van der Waals surface area (Å²) in [4.78, 5) is 7.26. The van der Waals surface area contributed by atoms with Gasteiger partial charge in [0.25, 0.3) is 0 Å². The van der Waals surface area contributed by atoms with Crippen molar-refractivity contribution in [1.29, 1.82) is 0 Å². The van der Waals surface area contributed by atoms with Gasteiger partial charge >= 0.3 is 0 Å². The Hall–Kier alpha value is -1.31. The molecule has 2 nitrogen and oxygen atoms in total. The van der Waals surface area contributed by atoms with Crippen molar-refractivity contribution < 1.29 is 0 Å². The van der Waals surface area contributed by atoms with E-state index in [0.29, 0.717) is 6.04 Å². The van der Waals surface area contributed by atoms with E-state index in [0.717, 1.165) is 13.1 Å². The molecule has 0 N–H and O–H groups in total. The molecule has 0 aromatic heterocycles. The van der Waals surface area contributed by atoms with Crippen LogP contribution in [0.25, 0.3) is 0 Å². The molecule has 1 fully saturated rings. The Balaban J connectivity index is 2.25. The topological polar surface area (TPSA) is 15.6 Å². The second-order valence-corrected chi connectivity index (χ2v) is 4.96. The van der Waals surface area contributed by atoms with Crippen LogP contribution in [0.15, 0.2) is 35.3 Å². The first kappa shape index (κ1) is 12.2. The Labute approximate surface area is 104 Å². The third kappa shape index (κ3) is 3.32. The summed E-state index contributed by atoms with van der Waals surface area (Å²) in [6.45, 7) is 6.60. The molecule has 1 aliphatic heterocycles. The predicted octanol–water partition coefficient (Wildman–Crippen LogP) is 3.33. The van der Waals surface area contributed by atoms with Crippen molar-refractivity contribution in [2.45, 2.75) is 39.2 Å². The summed E-state index contributed by atoms with van der Waals surface area (Å²) in [7, 11) is 0. The first-order chi connectivity index (χ1) is 8.27. The third-order valence-corrected chi connectivity index (χ3v) is 3.07. The molecule has 1 aromatic rings. The fourth-order valence-corrected chi connectivity index (χ4v) is 2.28. The van der Waals surface area contributed by atoms with Crippen molar-refractivity contribution in [3.05, 3.63) is 35.9 Å². The smallest absolute Gasteiger partial charge is 0.131 e. The van der Waals surface area contributed by atoms with Gasteiger partial charge in [0, 0.05) is 24.7 Å². The molecule has 1 aromatic carbocycles. The zero-order valence-corrected chi connectivity index (χ0v) is 10.9. The van der Waals surface area contributed by atoms with E-state index in [1.165, 1.54) is 30.7 Å². The molecule has 0 radical (unpaired) electrons. The van der Waals surface area contributed by atoms with Crippen LogP contribution in [-0.4, -0.2) is 29.9 Å². The minimum Gasteiger partial charge on any atom is -0.356 e. The Bertz CT molecular complexity index is 362. The molecule has 0 atom stereocenters. The van der Waals surface area contributed by atoms with Crippen molar-refractivity contribution in [1.82, 2.24) is 4.90 Å². The molecule has 0 unspecified atom stereocenters. The first-order valence-corrected chi connectivity index (χ1v) is 6.65. The molecule has 1 heterocycles. The number of rotatable bonds is 2. The molecular formula is C15H22N2. The summed E-state index contributed by atoms with van der Waals surface area (Å²) in [5, 5.41) is 0. The van der Waals surface area contributed by atoms with E-state index in [1.54, 1.807) is 0 Å². The molecule has 17 heavy (non-hydrogen) atoms. The van der Waals surface area contributed by atoms with E-state index < -0.39 is 0 Å². The maximum absolute atomic E-state index is 4.81. The zero-order chi connectivity index (χ0) is 12.1. The standard InChI is InChI=1S/C15H22N2/c1-13(2)16-15(14-9-5-3-6-10-14)17-11-7-4-8-12-17/h3,5-6,9-10,13H,4,7-8,11-12H2,1-2H3. The normalized spacial score (nSPS) is 17.6. The number of hydrogen-bond donors (Lipinski definition) is 0. The van der Waals surface area contributed by atoms with Gasteiger partial charge < -0.3 is 4.90 Å². The predicted molar refractivity (Wildman–Crippen MR) is 73.5 cm³/mol. The molecule has 1 aliphatic rings. The molecule has 92 valence electrons. The van der Waals surface area contributed by atoms with Gasteiger partial charge in [0.05, 0.1) is 0 Å². The maximum Gasteiger partial charge on any atom is 0.131 e. The summed E-state index contributed by atoms with van der Waals surface area (Å²) >= 11 is 0. The second-order valence-electron chi connectivity index (χ2n) is 4.96. The largest absolute Gasteiger partial charge is 0.356 e. The van der Waals surface area contributed by atoms with Crippen LogP contribution in [0.1, 0.15) is 38.7 Å². The summed E-state index contributed by atoms with van der Waals surface area (Å²) < 4.78 is 0. The number of benzene rings is 1. The van der Waals surface area contributed by atoms with Crippen LogP contribution in [0, 0.1) is 0 Å². The zero-order valence-electron chi connectivity index (χ0n) is 10.9. The number of aliphatic imine (C=N–C) groups is 1. The number of likely N-dealkylation sites (tertiary alicyclic amines) is 1. The summed E-state index contributed by atoms with van der Waals surface area (Å²) in [5.41, 5.74) is 1.25. The lowest BCUT2D eigenvalue weighted by Gasteiger charge is -2.30. The monoisotopic (exact) mass is 230 g/mol. The van der Waals surface area contributed by atoms with Gasteiger partial charge in [-0.1, -0.05) is 30.3 Å². The molecular weight excluding hydrogens is 208 g/mol. The fraction of sp³-hybridized carbons (Fsp3) is 0.533. The molecule has 0 spiro atoms. The summed E-state index contributed by atoms with van der Waals surface area (Å²) in [6, 6.07) is 10.9. The SMILES string of the molecule is CC(C)N=C(c1ccccc1)N1CCCCC1. The highest BCUT2D eigenvalue weighted by Crippen LogP contribution is 2.14. The van der Waals surface area contributed by atoms with Gasteiger partial charge in [0.15, 0.2) is 0 Å². The van der Waals surface area contributed by atoms with E-state index in [1.807, 2.05) is 0 Å². The number of amidine groups is 1. The molecule has 1 saturated heterocycles. The van der Waals surface area contributed by atoms with E-state index >= 15 is 0 Å². The van der Waals surface area contributed by atoms with Crippen LogP contribution < -0.4 is 0 Å². The third-order valence-electron chi connectivity index (χ3n) is 3.07. The molecule has 2 heteroatoms. The van der Waals surface area contributed by atoms with Gasteiger partial charge in [-0.2, -0.15) is 0 Å². The van der Waals surface area contributed by atoms with E-state index in [-0.39, 0.29) is 0 Å². The van der Waals surface area contributed by atoms with E-state index in [9.17, 15) is 0 Å². The van der Waals surface area contributed by atoms with Crippen molar-refractivity contribution in [2.75, 3.05) is 13.1 Å². The van der Waals surface area contributed by atoms with Crippen molar-refractivity contribution in [3.63, 3.8) is 0 Å². The van der Waals surface area contributed by atoms with Crippen LogP contribution in [0.4, 0.5) is 0 Å². The Morgan fingerprint density at radius 3 is 2.29 bits per heavy atom. The van der Waals surface area contributed by atoms with E-state index in [4.69, 9.17) is 4.99 Å². The molecule has 2 rings (SSSR count). The maximum atomic E-state index is 4.81. The quantitative estimate of drug-likeness (QED) is 0.562. The Morgan fingerprint density at radius 2 is 1.71 bits per heavy atom. The lowest BCUT2D eigenvalue weighted by Crippen LogP contribution is -2.36. The van der Waals surface area contributed by atoms with Crippen molar-refractivity contribution >= 4 is 5.84 Å². The Kier molecular flexibility index (Phi) is 4.18. The first-order valence-electron chi connectivity index (χ1n) is 6.65. The molecule has 0 aliphatic carbocycles. The second kappa shape index (κ2) is 5.85. The highest BCUT2D eigenvalue weighted by atomic mass is 15.2. The van der Waals surface area contributed by atoms with Crippen LogP contribution in [0.3, 0.4) is 0 Å². The summed E-state index contributed by atoms with van der Waals surface area (Å²) in [5.74, 6) is 1.18. The van der Waals surface area contributed by atoms with Gasteiger partial charge in [0.1, 0.15) is 5.84 Å². The summed E-state index contributed by atoms with van der Waals surface area (Å²) in [6.07, 6.45) is 3.95. The fourth-order valence-electron chi connectivity index (χ4n) is 2.28. The lowest BCUT2D eigenvalue weighted by molar-refractivity contribution is 0.341. The van der Waals surface area contributed by atoms with Crippen LogP contribution in [0.5, 0.6) is 0 Å². The highest BCUT2D eigenvalue weighted by molar-refractivity contribution is 5.98. The van der Waals surface area contributed by atoms with Gasteiger partial charge in [-0.25, -0.2) is 0 Å². The molecule has 0 saturated carbocycles. The van der Waals surface area contributed by atoms with Crippen molar-refractivity contribution in [3.8, 4) is 0 Å². The number of hydrogen-bond acceptors (Lipinski definition) is 1. The number of piperidine rings is 1. The average molecular weight is 230 g/mol. The lowest BCUT2D eigenvalue weighted by atomic mass is 10.1. The minimum atomic E-state index is 0.354. The van der Waals surface area contributed by atoms with Gasteiger partial charge in [-0.15, -0.1) is 0 Å². The minimum absolute atomic E-state index is 0.354. The average Bonchev–Trinajstić information content (AvgIpc) is 2.38. The number of nitrogens with zero attached hydrogens (tertiary/aromatic N) is 2. The van der Waals surface area contributed by atoms with Crippen LogP contribution >= 0.6 is 0 Å². The van der Waals surface area contributed by atoms with E-state index in [2.05, 4.69) is 49.1 Å². The van der Waals surface area contributed by atoms with Crippen molar-refractivity contribution in [2.24, 2.45) is 4.99 Å². The van der Waals surface area contributed by atoms with Crippen LogP contribution in [-0.2, 0) is 0 Å². The molecule has 0 bridgehead atoms. The van der Waals surface area contributed by atoms with Crippen LogP contribution in [0.2, 0.25) is 0 Å². The highest BCUT2D eigenvalue weighted by Gasteiger charge is 2.16. The van der Waals surface area contributed by atoms with Gasteiger partial charge in [-0.05, 0) is 33.1 Å². The van der Waals surface area contributed by atoms with Gasteiger partial charge in [0.2, 0.25) is 0 Å². The molecule has 0 amide bonds. The Morgan fingerprint density at radius 1 is 1.06 bits per heavy atom. The van der Waals surface area contributed by atoms with Gasteiger partial charge in [-0.3, -0.25) is 4.99 Å².